The molecule has 1 unspecified atom stereocenters. The van der Waals surface area contributed by atoms with Gasteiger partial charge in [-0.2, -0.15) is 0 Å². The summed E-state index contributed by atoms with van der Waals surface area (Å²) in [7, 11) is 0. The minimum absolute atomic E-state index is 0.306. The zero-order valence-corrected chi connectivity index (χ0v) is 14.6. The van der Waals surface area contributed by atoms with Crippen LogP contribution in [0.2, 0.25) is 0 Å². The van der Waals surface area contributed by atoms with E-state index in [9.17, 15) is 5.11 Å². The van der Waals surface area contributed by atoms with Crippen LogP contribution in [-0.4, -0.2) is 47.3 Å². The first-order valence-corrected chi connectivity index (χ1v) is 9.02. The Morgan fingerprint density at radius 2 is 1.92 bits per heavy atom. The van der Waals surface area contributed by atoms with Crippen molar-refractivity contribution in [3.05, 3.63) is 59.9 Å². The maximum atomic E-state index is 10.1. The van der Waals surface area contributed by atoms with Gasteiger partial charge in [-0.3, -0.25) is 4.98 Å². The van der Waals surface area contributed by atoms with E-state index in [-0.39, 0.29) is 6.10 Å². The molecule has 5 nitrogen and oxygen atoms in total. The molecule has 0 radical (unpaired) electrons. The third kappa shape index (κ3) is 6.12. The van der Waals surface area contributed by atoms with Gasteiger partial charge in [-0.05, 0) is 55.8 Å². The molecule has 1 aromatic heterocycles. The standard InChI is InChI=1S/C20H27N3O2/c24-19(15-23-11-3-4-12-23)14-21-13-17-6-8-20(9-7-17)25-16-18-5-1-2-10-22-18/h1-2,5-10,19,21,24H,3-4,11-16H2. The molecule has 5 heteroatoms. The lowest BCUT2D eigenvalue weighted by Gasteiger charge is -2.19. The van der Waals surface area contributed by atoms with Crippen molar-refractivity contribution < 1.29 is 9.84 Å². The second kappa shape index (κ2) is 9.51. The van der Waals surface area contributed by atoms with Crippen molar-refractivity contribution in [3.8, 4) is 5.75 Å². The van der Waals surface area contributed by atoms with Crippen molar-refractivity contribution in [3.63, 3.8) is 0 Å². The first kappa shape index (κ1) is 17.9. The predicted molar refractivity (Wildman–Crippen MR) is 98.4 cm³/mol. The van der Waals surface area contributed by atoms with Crippen molar-refractivity contribution >= 4 is 0 Å². The maximum Gasteiger partial charge on any atom is 0.130 e. The van der Waals surface area contributed by atoms with Crippen LogP contribution < -0.4 is 10.1 Å². The lowest BCUT2D eigenvalue weighted by molar-refractivity contribution is 0.123. The van der Waals surface area contributed by atoms with Crippen LogP contribution in [0.15, 0.2) is 48.7 Å². The van der Waals surface area contributed by atoms with Crippen molar-refractivity contribution in [2.45, 2.75) is 32.1 Å². The van der Waals surface area contributed by atoms with Gasteiger partial charge in [-0.15, -0.1) is 0 Å². The van der Waals surface area contributed by atoms with Crippen LogP contribution in [-0.2, 0) is 13.2 Å². The van der Waals surface area contributed by atoms with E-state index in [0.29, 0.717) is 13.2 Å². The van der Waals surface area contributed by atoms with E-state index in [2.05, 4.69) is 15.2 Å². The molecule has 25 heavy (non-hydrogen) atoms. The van der Waals surface area contributed by atoms with E-state index < -0.39 is 0 Å². The summed E-state index contributed by atoms with van der Waals surface area (Å²) in [5.74, 6) is 0.837. The minimum Gasteiger partial charge on any atom is -0.487 e. The van der Waals surface area contributed by atoms with Crippen LogP contribution in [0.3, 0.4) is 0 Å². The Bertz CT molecular complexity index is 613. The summed E-state index contributed by atoms with van der Waals surface area (Å²) < 4.78 is 5.74. The van der Waals surface area contributed by atoms with E-state index in [1.54, 1.807) is 6.20 Å². The molecule has 0 aliphatic carbocycles. The molecule has 2 heterocycles. The molecule has 0 spiro atoms. The zero-order chi connectivity index (χ0) is 17.3. The molecule has 2 N–H and O–H groups in total. The lowest BCUT2D eigenvalue weighted by atomic mass is 10.2. The Kier molecular flexibility index (Phi) is 6.79. The molecule has 0 amide bonds. The van der Waals surface area contributed by atoms with E-state index in [1.807, 2.05) is 42.5 Å². The van der Waals surface area contributed by atoms with Crippen molar-refractivity contribution in [2.75, 3.05) is 26.2 Å². The largest absolute Gasteiger partial charge is 0.487 e. The average molecular weight is 341 g/mol. The number of aliphatic hydroxyl groups is 1. The van der Waals surface area contributed by atoms with Crippen LogP contribution in [0.25, 0.3) is 0 Å². The third-order valence-corrected chi connectivity index (χ3v) is 4.41. The highest BCUT2D eigenvalue weighted by atomic mass is 16.5. The number of likely N-dealkylation sites (tertiary alicyclic amines) is 1. The second-order valence-corrected chi connectivity index (χ2v) is 6.55. The highest BCUT2D eigenvalue weighted by molar-refractivity contribution is 5.27. The van der Waals surface area contributed by atoms with E-state index in [0.717, 1.165) is 37.6 Å². The Balaban J connectivity index is 1.35. The summed E-state index contributed by atoms with van der Waals surface area (Å²) in [5, 5.41) is 13.4. The Hall–Kier alpha value is -1.95. The SMILES string of the molecule is OC(CNCc1ccc(OCc2ccccn2)cc1)CN1CCCC1. The van der Waals surface area contributed by atoms with Crippen molar-refractivity contribution in [1.82, 2.24) is 15.2 Å². The van der Waals surface area contributed by atoms with Crippen molar-refractivity contribution in [2.24, 2.45) is 0 Å². The first-order valence-electron chi connectivity index (χ1n) is 9.02. The van der Waals surface area contributed by atoms with Gasteiger partial charge in [-0.25, -0.2) is 0 Å². The molecule has 3 rings (SSSR count). The molecule has 1 aromatic carbocycles. The van der Waals surface area contributed by atoms with Crippen molar-refractivity contribution in [1.29, 1.82) is 0 Å². The lowest BCUT2D eigenvalue weighted by Crippen LogP contribution is -2.36. The van der Waals surface area contributed by atoms with E-state index in [4.69, 9.17) is 4.74 Å². The fourth-order valence-electron chi connectivity index (χ4n) is 3.06. The molecule has 1 aliphatic heterocycles. The number of pyridine rings is 1. The van der Waals surface area contributed by atoms with Crippen LogP contribution >= 0.6 is 0 Å². The maximum absolute atomic E-state index is 10.1. The fraction of sp³-hybridized carbons (Fsp3) is 0.450. The van der Waals surface area contributed by atoms with Crippen LogP contribution in [0.1, 0.15) is 24.1 Å². The Labute approximate surface area is 149 Å². The number of rotatable bonds is 9. The van der Waals surface area contributed by atoms with Gasteiger partial charge in [0.25, 0.3) is 0 Å². The average Bonchev–Trinajstić information content (AvgIpc) is 3.15. The zero-order valence-electron chi connectivity index (χ0n) is 14.6. The normalized spacial score (nSPS) is 16.0. The van der Waals surface area contributed by atoms with Gasteiger partial charge in [0.05, 0.1) is 11.8 Å². The van der Waals surface area contributed by atoms with E-state index in [1.165, 1.54) is 18.4 Å². The highest BCUT2D eigenvalue weighted by Gasteiger charge is 2.15. The molecular formula is C20H27N3O2. The monoisotopic (exact) mass is 341 g/mol. The van der Waals surface area contributed by atoms with Gasteiger partial charge >= 0.3 is 0 Å². The summed E-state index contributed by atoms with van der Waals surface area (Å²) in [6.45, 7) is 4.86. The number of hydrogen-bond donors (Lipinski definition) is 2. The smallest absolute Gasteiger partial charge is 0.130 e. The summed E-state index contributed by atoms with van der Waals surface area (Å²) in [4.78, 5) is 6.58. The molecule has 1 aliphatic rings. The van der Waals surface area contributed by atoms with E-state index >= 15 is 0 Å². The van der Waals surface area contributed by atoms with Crippen LogP contribution in [0, 0.1) is 0 Å². The summed E-state index contributed by atoms with van der Waals surface area (Å²) in [6, 6.07) is 13.8. The van der Waals surface area contributed by atoms with Gasteiger partial charge in [0.2, 0.25) is 0 Å². The van der Waals surface area contributed by atoms with Gasteiger partial charge in [0.15, 0.2) is 0 Å². The van der Waals surface area contributed by atoms with Gasteiger partial charge in [0.1, 0.15) is 12.4 Å². The molecule has 0 bridgehead atoms. The third-order valence-electron chi connectivity index (χ3n) is 4.41. The number of benzene rings is 1. The number of aliphatic hydroxyl groups excluding tert-OH is 1. The summed E-state index contributed by atoms with van der Waals surface area (Å²) >= 11 is 0. The topological polar surface area (TPSA) is 57.6 Å². The quantitative estimate of drug-likeness (QED) is 0.732. The molecule has 134 valence electrons. The number of nitrogens with zero attached hydrogens (tertiary/aromatic N) is 2. The fourth-order valence-corrected chi connectivity index (χ4v) is 3.06. The highest BCUT2D eigenvalue weighted by Crippen LogP contribution is 2.14. The summed E-state index contributed by atoms with van der Waals surface area (Å²) in [5.41, 5.74) is 2.10. The molecule has 1 atom stereocenters. The second-order valence-electron chi connectivity index (χ2n) is 6.55. The number of ether oxygens (including phenoxy) is 1. The molecule has 0 saturated carbocycles. The first-order chi connectivity index (χ1) is 12.3. The molecular weight excluding hydrogens is 314 g/mol. The Morgan fingerprint density at radius 3 is 2.64 bits per heavy atom. The van der Waals surface area contributed by atoms with Gasteiger partial charge < -0.3 is 20.1 Å². The number of hydrogen-bond acceptors (Lipinski definition) is 5. The molecule has 1 fully saturated rings. The molecule has 2 aromatic rings. The predicted octanol–water partition coefficient (Wildman–Crippen LogP) is 2.21. The molecule has 1 saturated heterocycles. The number of β-amino-alcohol motifs (C(OH)–C–C–N with tert-alkyl or cyclic N) is 1. The van der Waals surface area contributed by atoms with Crippen LogP contribution in [0.5, 0.6) is 5.75 Å². The Morgan fingerprint density at radius 1 is 1.12 bits per heavy atom. The number of aromatic nitrogens is 1. The number of nitrogens with one attached hydrogen (secondary N) is 1. The van der Waals surface area contributed by atoms with Crippen LogP contribution in [0.4, 0.5) is 0 Å². The summed E-state index contributed by atoms with van der Waals surface area (Å²) in [6.07, 6.45) is 3.98. The van der Waals surface area contributed by atoms with Gasteiger partial charge in [-0.1, -0.05) is 18.2 Å². The van der Waals surface area contributed by atoms with Gasteiger partial charge in [0, 0.05) is 25.8 Å². The minimum atomic E-state index is -0.306.